The van der Waals surface area contributed by atoms with Crippen LogP contribution in [0.4, 0.5) is 5.69 Å². The van der Waals surface area contributed by atoms with E-state index < -0.39 is 5.91 Å². The van der Waals surface area contributed by atoms with Gasteiger partial charge in [0.1, 0.15) is 0 Å². The quantitative estimate of drug-likeness (QED) is 0.677. The van der Waals surface area contributed by atoms with Crippen LogP contribution in [-0.4, -0.2) is 16.8 Å². The van der Waals surface area contributed by atoms with Crippen molar-refractivity contribution in [1.82, 2.24) is 4.98 Å². The molecule has 3 aromatic rings. The summed E-state index contributed by atoms with van der Waals surface area (Å²) in [4.78, 5) is 28.6. The van der Waals surface area contributed by atoms with Crippen LogP contribution in [0.5, 0.6) is 0 Å². The van der Waals surface area contributed by atoms with Crippen LogP contribution in [0, 0.1) is 6.92 Å². The first-order valence-corrected chi connectivity index (χ1v) is 8.69. The number of nitrogens with zero attached hydrogens (tertiary/aromatic N) is 1. The fourth-order valence-corrected chi connectivity index (χ4v) is 3.01. The van der Waals surface area contributed by atoms with Crippen molar-refractivity contribution >= 4 is 33.4 Å². The SMILES string of the molecule is Cc1nc(-c2cccc(Br)c2)ccc1C(=O)Nc1ccccc1C(N)=O. The van der Waals surface area contributed by atoms with Crippen LogP contribution in [-0.2, 0) is 0 Å². The van der Waals surface area contributed by atoms with E-state index in [1.807, 2.05) is 24.3 Å². The highest BCUT2D eigenvalue weighted by molar-refractivity contribution is 9.10. The fraction of sp³-hybridized carbons (Fsp3) is 0.0500. The summed E-state index contributed by atoms with van der Waals surface area (Å²) in [7, 11) is 0. The molecule has 1 aromatic heterocycles. The molecule has 0 saturated heterocycles. The van der Waals surface area contributed by atoms with Crippen LogP contribution in [0.15, 0.2) is 65.1 Å². The number of aromatic nitrogens is 1. The molecule has 0 aliphatic carbocycles. The van der Waals surface area contributed by atoms with Gasteiger partial charge in [0.2, 0.25) is 0 Å². The van der Waals surface area contributed by atoms with Crippen LogP contribution in [0.25, 0.3) is 11.3 Å². The standard InChI is InChI=1S/C20H16BrN3O2/c1-12-15(9-10-17(23-12)13-5-4-6-14(21)11-13)20(26)24-18-8-3-2-7-16(18)19(22)25/h2-11H,1H3,(H2,22,25)(H,24,26). The first kappa shape index (κ1) is 17.8. The first-order chi connectivity index (χ1) is 12.5. The molecule has 0 aliphatic heterocycles. The number of nitrogens with two attached hydrogens (primary N) is 1. The summed E-state index contributed by atoms with van der Waals surface area (Å²) in [5.74, 6) is -0.940. The van der Waals surface area contributed by atoms with Crippen molar-refractivity contribution in [3.63, 3.8) is 0 Å². The summed E-state index contributed by atoms with van der Waals surface area (Å²) < 4.78 is 0.958. The van der Waals surface area contributed by atoms with Crippen LogP contribution < -0.4 is 11.1 Å². The molecule has 3 N–H and O–H groups in total. The molecule has 0 radical (unpaired) electrons. The molecule has 0 aliphatic rings. The number of benzene rings is 2. The number of hydrogen-bond acceptors (Lipinski definition) is 3. The van der Waals surface area contributed by atoms with Gasteiger partial charge in [0.15, 0.2) is 0 Å². The number of pyridine rings is 1. The zero-order valence-corrected chi connectivity index (χ0v) is 15.6. The highest BCUT2D eigenvalue weighted by Crippen LogP contribution is 2.23. The molecule has 0 fully saturated rings. The molecule has 0 unspecified atom stereocenters. The Morgan fingerprint density at radius 3 is 2.46 bits per heavy atom. The van der Waals surface area contributed by atoms with E-state index in [4.69, 9.17) is 5.73 Å². The van der Waals surface area contributed by atoms with Gasteiger partial charge in [0, 0.05) is 10.0 Å². The van der Waals surface area contributed by atoms with Gasteiger partial charge in [-0.15, -0.1) is 0 Å². The first-order valence-electron chi connectivity index (χ1n) is 7.89. The Balaban J connectivity index is 1.88. The Morgan fingerprint density at radius 2 is 1.77 bits per heavy atom. The molecule has 5 nitrogen and oxygen atoms in total. The third-order valence-corrected chi connectivity index (χ3v) is 4.38. The molecule has 0 atom stereocenters. The van der Waals surface area contributed by atoms with Gasteiger partial charge in [0.05, 0.1) is 28.2 Å². The van der Waals surface area contributed by atoms with Gasteiger partial charge in [0.25, 0.3) is 11.8 Å². The van der Waals surface area contributed by atoms with Gasteiger partial charge in [-0.05, 0) is 43.3 Å². The fourth-order valence-electron chi connectivity index (χ4n) is 2.61. The van der Waals surface area contributed by atoms with E-state index in [0.29, 0.717) is 16.9 Å². The molecular formula is C20H16BrN3O2. The third kappa shape index (κ3) is 3.81. The highest BCUT2D eigenvalue weighted by Gasteiger charge is 2.15. The summed E-state index contributed by atoms with van der Waals surface area (Å²) >= 11 is 3.44. The second kappa shape index (κ2) is 7.49. The van der Waals surface area contributed by atoms with Crippen molar-refractivity contribution in [2.45, 2.75) is 6.92 Å². The van der Waals surface area contributed by atoms with Crippen molar-refractivity contribution in [1.29, 1.82) is 0 Å². The van der Waals surface area contributed by atoms with Crippen LogP contribution in [0.2, 0.25) is 0 Å². The average molecular weight is 410 g/mol. The number of hydrogen-bond donors (Lipinski definition) is 2. The largest absolute Gasteiger partial charge is 0.366 e. The molecule has 130 valence electrons. The summed E-state index contributed by atoms with van der Waals surface area (Å²) in [5, 5.41) is 2.73. The Bertz CT molecular complexity index is 1000. The third-order valence-electron chi connectivity index (χ3n) is 3.89. The topological polar surface area (TPSA) is 85.1 Å². The van der Waals surface area contributed by atoms with Gasteiger partial charge in [-0.2, -0.15) is 0 Å². The highest BCUT2D eigenvalue weighted by atomic mass is 79.9. The lowest BCUT2D eigenvalue weighted by Crippen LogP contribution is -2.19. The van der Waals surface area contributed by atoms with E-state index in [1.165, 1.54) is 0 Å². The summed E-state index contributed by atoms with van der Waals surface area (Å²) in [6.07, 6.45) is 0. The number of carbonyl (C=O) groups is 2. The lowest BCUT2D eigenvalue weighted by molar-refractivity contribution is 0.100. The van der Waals surface area contributed by atoms with E-state index in [0.717, 1.165) is 15.7 Å². The van der Waals surface area contributed by atoms with Gasteiger partial charge in [-0.3, -0.25) is 14.6 Å². The maximum atomic E-state index is 12.6. The van der Waals surface area contributed by atoms with Gasteiger partial charge in [-0.1, -0.05) is 40.2 Å². The smallest absolute Gasteiger partial charge is 0.257 e. The monoisotopic (exact) mass is 409 g/mol. The van der Waals surface area contributed by atoms with Crippen molar-refractivity contribution < 1.29 is 9.59 Å². The zero-order chi connectivity index (χ0) is 18.7. The minimum absolute atomic E-state index is 0.261. The normalized spacial score (nSPS) is 10.4. The van der Waals surface area contributed by atoms with Gasteiger partial charge in [-0.25, -0.2) is 0 Å². The van der Waals surface area contributed by atoms with Crippen LogP contribution >= 0.6 is 15.9 Å². The molecule has 3 rings (SSSR count). The van der Waals surface area contributed by atoms with Gasteiger partial charge >= 0.3 is 0 Å². The van der Waals surface area contributed by atoms with Crippen LogP contribution in [0.1, 0.15) is 26.4 Å². The molecule has 2 amide bonds. The molecule has 0 spiro atoms. The number of halogens is 1. The Kier molecular flexibility index (Phi) is 5.14. The van der Waals surface area contributed by atoms with Crippen LogP contribution in [0.3, 0.4) is 0 Å². The molecule has 0 bridgehead atoms. The number of amides is 2. The number of para-hydroxylation sites is 1. The Labute approximate surface area is 159 Å². The molecule has 0 saturated carbocycles. The summed E-state index contributed by atoms with van der Waals surface area (Å²) in [6, 6.07) is 17.9. The van der Waals surface area contributed by atoms with Crippen molar-refractivity contribution in [3.05, 3.63) is 82.0 Å². The maximum Gasteiger partial charge on any atom is 0.257 e. The van der Waals surface area contributed by atoms with Crippen molar-refractivity contribution in [2.24, 2.45) is 5.73 Å². The number of nitrogens with one attached hydrogen (secondary N) is 1. The van der Waals surface area contributed by atoms with E-state index in [1.54, 1.807) is 43.3 Å². The molecular weight excluding hydrogens is 394 g/mol. The molecule has 1 heterocycles. The second-order valence-corrected chi connectivity index (χ2v) is 6.62. The molecule has 6 heteroatoms. The number of carbonyl (C=O) groups excluding carboxylic acids is 2. The lowest BCUT2D eigenvalue weighted by atomic mass is 10.1. The zero-order valence-electron chi connectivity index (χ0n) is 14.0. The lowest BCUT2D eigenvalue weighted by Gasteiger charge is -2.11. The molecule has 26 heavy (non-hydrogen) atoms. The van der Waals surface area contributed by atoms with E-state index >= 15 is 0 Å². The van der Waals surface area contributed by atoms with Gasteiger partial charge < -0.3 is 11.1 Å². The Morgan fingerprint density at radius 1 is 1.00 bits per heavy atom. The van der Waals surface area contributed by atoms with E-state index in [9.17, 15) is 9.59 Å². The number of anilines is 1. The Hall–Kier alpha value is -2.99. The maximum absolute atomic E-state index is 12.6. The number of rotatable bonds is 4. The van der Waals surface area contributed by atoms with E-state index in [2.05, 4.69) is 26.2 Å². The minimum atomic E-state index is -0.597. The van der Waals surface area contributed by atoms with E-state index in [-0.39, 0.29) is 11.5 Å². The predicted molar refractivity (Wildman–Crippen MR) is 105 cm³/mol. The number of primary amides is 1. The molecule has 2 aromatic carbocycles. The van der Waals surface area contributed by atoms with Crippen molar-refractivity contribution in [2.75, 3.05) is 5.32 Å². The average Bonchev–Trinajstić information content (AvgIpc) is 2.61. The van der Waals surface area contributed by atoms with Crippen molar-refractivity contribution in [3.8, 4) is 11.3 Å². The summed E-state index contributed by atoms with van der Waals surface area (Å²) in [5.41, 5.74) is 8.74. The minimum Gasteiger partial charge on any atom is -0.366 e. The summed E-state index contributed by atoms with van der Waals surface area (Å²) in [6.45, 7) is 1.77. The number of aryl methyl sites for hydroxylation is 1. The second-order valence-electron chi connectivity index (χ2n) is 5.70. The predicted octanol–water partition coefficient (Wildman–Crippen LogP) is 4.17.